The summed E-state index contributed by atoms with van der Waals surface area (Å²) in [5.41, 5.74) is 0.466. The average Bonchev–Trinajstić information content (AvgIpc) is 2.46. The lowest BCUT2D eigenvalue weighted by Gasteiger charge is -2.34. The fourth-order valence-corrected chi connectivity index (χ4v) is 2.72. The van der Waals surface area contributed by atoms with E-state index in [4.69, 9.17) is 0 Å². The van der Waals surface area contributed by atoms with Crippen LogP contribution >= 0.6 is 0 Å². The van der Waals surface area contributed by atoms with Gasteiger partial charge in [0.05, 0.1) is 16.0 Å². The molecule has 1 aliphatic rings. The number of fused-ring (bicyclic) bond motifs is 1. The number of nitrogens with zero attached hydrogens (tertiary/aromatic N) is 3. The minimum Gasteiger partial charge on any atom is -0.367 e. The van der Waals surface area contributed by atoms with Crippen LogP contribution in [-0.2, 0) is 0 Å². The standard InChI is InChI=1S/C15H16FN3O2/c1-17-5-7-18(8-6-17)15-10-12-11(9-13(15)16)3-2-4-14(12)19(20)21/h2-4,9-10H,5-8H2,1H3. The maximum Gasteiger partial charge on any atom is 0.277 e. The van der Waals surface area contributed by atoms with Gasteiger partial charge in [0.25, 0.3) is 5.69 Å². The largest absolute Gasteiger partial charge is 0.367 e. The number of hydrogen-bond donors (Lipinski definition) is 0. The van der Waals surface area contributed by atoms with Crippen molar-refractivity contribution < 1.29 is 9.31 Å². The molecule has 0 spiro atoms. The predicted octanol–water partition coefficient (Wildman–Crippen LogP) is 2.64. The van der Waals surface area contributed by atoms with Crippen LogP contribution in [0.15, 0.2) is 30.3 Å². The van der Waals surface area contributed by atoms with Gasteiger partial charge in [0.15, 0.2) is 0 Å². The SMILES string of the molecule is CN1CCN(c2cc3c([N+](=O)[O-])cccc3cc2F)CC1. The Balaban J connectivity index is 2.09. The van der Waals surface area contributed by atoms with Crippen LogP contribution in [0.1, 0.15) is 0 Å². The summed E-state index contributed by atoms with van der Waals surface area (Å²) in [6, 6.07) is 7.71. The Bertz CT molecular complexity index is 697. The lowest BCUT2D eigenvalue weighted by molar-refractivity contribution is -0.383. The smallest absolute Gasteiger partial charge is 0.277 e. The lowest BCUT2D eigenvalue weighted by atomic mass is 10.1. The molecule has 0 aromatic heterocycles. The number of nitro groups is 1. The summed E-state index contributed by atoms with van der Waals surface area (Å²) in [4.78, 5) is 14.8. The maximum absolute atomic E-state index is 14.3. The molecule has 0 unspecified atom stereocenters. The number of benzene rings is 2. The number of non-ortho nitro benzene ring substituents is 1. The number of likely N-dealkylation sites (N-methyl/N-ethyl adjacent to an activating group) is 1. The maximum atomic E-state index is 14.3. The zero-order chi connectivity index (χ0) is 15.0. The molecule has 0 N–H and O–H groups in total. The second-order valence-electron chi connectivity index (χ2n) is 5.35. The normalized spacial score (nSPS) is 16.4. The van der Waals surface area contributed by atoms with Gasteiger partial charge in [-0.2, -0.15) is 0 Å². The van der Waals surface area contributed by atoms with E-state index in [9.17, 15) is 14.5 Å². The number of rotatable bonds is 2. The van der Waals surface area contributed by atoms with E-state index >= 15 is 0 Å². The Hall–Kier alpha value is -2.21. The van der Waals surface area contributed by atoms with Gasteiger partial charge < -0.3 is 9.80 Å². The summed E-state index contributed by atoms with van der Waals surface area (Å²) in [6.45, 7) is 3.15. The zero-order valence-corrected chi connectivity index (χ0v) is 11.8. The molecule has 5 nitrogen and oxygen atoms in total. The highest BCUT2D eigenvalue weighted by Gasteiger charge is 2.20. The molecule has 1 heterocycles. The third kappa shape index (κ3) is 2.54. The number of piperazine rings is 1. The van der Waals surface area contributed by atoms with E-state index in [1.54, 1.807) is 18.2 Å². The van der Waals surface area contributed by atoms with Gasteiger partial charge in [0.2, 0.25) is 0 Å². The highest BCUT2D eigenvalue weighted by molar-refractivity contribution is 5.93. The average molecular weight is 289 g/mol. The first-order valence-corrected chi connectivity index (χ1v) is 6.86. The number of halogens is 1. The minimum absolute atomic E-state index is 0.0166. The van der Waals surface area contributed by atoms with Crippen molar-refractivity contribution >= 4 is 22.1 Å². The van der Waals surface area contributed by atoms with E-state index in [1.165, 1.54) is 12.1 Å². The van der Waals surface area contributed by atoms with Crippen LogP contribution in [0.4, 0.5) is 15.8 Å². The van der Waals surface area contributed by atoms with E-state index in [1.807, 2.05) is 11.9 Å². The summed E-state index contributed by atoms with van der Waals surface area (Å²) in [7, 11) is 2.03. The minimum atomic E-state index is -0.423. The number of anilines is 1. The molecule has 0 atom stereocenters. The summed E-state index contributed by atoms with van der Waals surface area (Å²) in [5.74, 6) is -0.326. The Morgan fingerprint density at radius 1 is 1.19 bits per heavy atom. The monoisotopic (exact) mass is 289 g/mol. The van der Waals surface area contributed by atoms with E-state index < -0.39 is 4.92 Å². The highest BCUT2D eigenvalue weighted by atomic mass is 19.1. The fraction of sp³-hybridized carbons (Fsp3) is 0.333. The van der Waals surface area contributed by atoms with Gasteiger partial charge in [0, 0.05) is 32.2 Å². The lowest BCUT2D eigenvalue weighted by Crippen LogP contribution is -2.44. The summed E-state index contributed by atoms with van der Waals surface area (Å²) in [5, 5.41) is 12.2. The van der Waals surface area contributed by atoms with Crippen molar-refractivity contribution in [3.8, 4) is 0 Å². The molecule has 2 aromatic rings. The molecule has 2 aromatic carbocycles. The first kappa shape index (κ1) is 13.8. The third-order valence-corrected chi connectivity index (χ3v) is 3.97. The molecule has 1 aliphatic heterocycles. The first-order chi connectivity index (χ1) is 10.1. The van der Waals surface area contributed by atoms with E-state index in [-0.39, 0.29) is 11.5 Å². The zero-order valence-electron chi connectivity index (χ0n) is 11.8. The highest BCUT2D eigenvalue weighted by Crippen LogP contribution is 2.32. The molecule has 0 aliphatic carbocycles. The summed E-state index contributed by atoms with van der Waals surface area (Å²) in [6.07, 6.45) is 0. The van der Waals surface area contributed by atoms with Crippen molar-refractivity contribution in [1.82, 2.24) is 4.90 Å². The molecule has 6 heteroatoms. The molecule has 0 amide bonds. The van der Waals surface area contributed by atoms with Crippen molar-refractivity contribution in [3.05, 3.63) is 46.3 Å². The van der Waals surface area contributed by atoms with Crippen LogP contribution in [0.5, 0.6) is 0 Å². The van der Waals surface area contributed by atoms with Crippen LogP contribution in [-0.4, -0.2) is 43.0 Å². The summed E-state index contributed by atoms with van der Waals surface area (Å²) >= 11 is 0. The van der Waals surface area contributed by atoms with Crippen molar-refractivity contribution in [3.63, 3.8) is 0 Å². The van der Waals surface area contributed by atoms with Crippen LogP contribution in [0.25, 0.3) is 10.8 Å². The van der Waals surface area contributed by atoms with Gasteiger partial charge in [0.1, 0.15) is 5.82 Å². The molecule has 0 bridgehead atoms. The van der Waals surface area contributed by atoms with Crippen molar-refractivity contribution in [1.29, 1.82) is 0 Å². The van der Waals surface area contributed by atoms with Crippen LogP contribution in [0, 0.1) is 15.9 Å². The van der Waals surface area contributed by atoms with Gasteiger partial charge in [-0.05, 0) is 24.6 Å². The molecule has 0 saturated carbocycles. The Labute approximate surface area is 121 Å². The van der Waals surface area contributed by atoms with Crippen molar-refractivity contribution in [2.24, 2.45) is 0 Å². The summed E-state index contributed by atoms with van der Waals surface area (Å²) < 4.78 is 14.3. The molecule has 1 saturated heterocycles. The van der Waals surface area contributed by atoms with Gasteiger partial charge in [-0.1, -0.05) is 12.1 Å². The van der Waals surface area contributed by atoms with E-state index in [0.717, 1.165) is 26.2 Å². The molecular weight excluding hydrogens is 273 g/mol. The van der Waals surface area contributed by atoms with Crippen LogP contribution in [0.3, 0.4) is 0 Å². The fourth-order valence-electron chi connectivity index (χ4n) is 2.72. The molecule has 110 valence electrons. The van der Waals surface area contributed by atoms with Gasteiger partial charge in [-0.3, -0.25) is 10.1 Å². The molecule has 3 rings (SSSR count). The van der Waals surface area contributed by atoms with E-state index in [2.05, 4.69) is 4.90 Å². The molecular formula is C15H16FN3O2. The van der Waals surface area contributed by atoms with Crippen molar-refractivity contribution in [2.75, 3.05) is 38.1 Å². The molecule has 21 heavy (non-hydrogen) atoms. The molecule has 1 fully saturated rings. The van der Waals surface area contributed by atoms with E-state index in [0.29, 0.717) is 16.5 Å². The number of hydrogen-bond acceptors (Lipinski definition) is 4. The van der Waals surface area contributed by atoms with Gasteiger partial charge >= 0.3 is 0 Å². The van der Waals surface area contributed by atoms with Crippen LogP contribution in [0.2, 0.25) is 0 Å². The third-order valence-electron chi connectivity index (χ3n) is 3.97. The first-order valence-electron chi connectivity index (χ1n) is 6.86. The van der Waals surface area contributed by atoms with Crippen LogP contribution < -0.4 is 4.90 Å². The Morgan fingerprint density at radius 2 is 1.90 bits per heavy atom. The topological polar surface area (TPSA) is 49.6 Å². The Kier molecular flexibility index (Phi) is 3.47. The molecule has 0 radical (unpaired) electrons. The second-order valence-corrected chi connectivity index (χ2v) is 5.35. The quantitative estimate of drug-likeness (QED) is 0.630. The second kappa shape index (κ2) is 5.29. The Morgan fingerprint density at radius 3 is 2.57 bits per heavy atom. The predicted molar refractivity (Wildman–Crippen MR) is 80.3 cm³/mol. The number of nitro benzene ring substituents is 1. The van der Waals surface area contributed by atoms with Gasteiger partial charge in [-0.25, -0.2) is 4.39 Å². The van der Waals surface area contributed by atoms with Crippen molar-refractivity contribution in [2.45, 2.75) is 0 Å². The van der Waals surface area contributed by atoms with Gasteiger partial charge in [-0.15, -0.1) is 0 Å².